The molecule has 0 aliphatic heterocycles. The zero-order valence-electron chi connectivity index (χ0n) is 69.2. The number of aromatic nitrogens is 12. The summed E-state index contributed by atoms with van der Waals surface area (Å²) in [7, 11) is 0. The minimum atomic E-state index is 0.663. The van der Waals surface area contributed by atoms with E-state index in [-0.39, 0.29) is 0 Å². The maximum atomic E-state index is 5.16. The first-order valence-electron chi connectivity index (χ1n) is 42.5. The zero-order chi connectivity index (χ0) is 85.3. The predicted octanol–water partition coefficient (Wildman–Crippen LogP) is 28.4. The van der Waals surface area contributed by atoms with Crippen LogP contribution in [0.5, 0.6) is 0 Å². The summed E-state index contributed by atoms with van der Waals surface area (Å²) in [5, 5.41) is 4.71. The number of rotatable bonds is 18. The smallest absolute Gasteiger partial charge is 0.160 e. The Labute approximate surface area is 741 Å². The summed E-state index contributed by atoms with van der Waals surface area (Å²) in [6.07, 6.45) is 7.25. The van der Waals surface area contributed by atoms with E-state index in [0.717, 1.165) is 180 Å². The van der Waals surface area contributed by atoms with Gasteiger partial charge in [0.05, 0.1) is 68.3 Å². The molecule has 600 valence electrons. The molecule has 0 saturated carbocycles. The fraction of sp³-hybridized carbons (Fsp3) is 0. The monoisotopic (exact) mass is 1640 g/mol. The molecule has 0 aliphatic carbocycles. The Hall–Kier alpha value is -17.5. The van der Waals surface area contributed by atoms with Crippen LogP contribution in [-0.4, -0.2) is 59.8 Å². The molecule has 0 radical (unpaired) electrons. The van der Waals surface area contributed by atoms with Gasteiger partial charge in [-0.2, -0.15) is 0 Å². The minimum absolute atomic E-state index is 0.663. The average Bonchev–Trinajstić information content (AvgIpc) is 0.723. The van der Waals surface area contributed by atoms with Crippen LogP contribution in [-0.2, 0) is 0 Å². The molecule has 0 aliphatic rings. The van der Waals surface area contributed by atoms with Crippen LogP contribution in [0, 0.1) is 0 Å². The van der Waals surface area contributed by atoms with Gasteiger partial charge in [-0.25, -0.2) is 39.9 Å². The molecule has 0 amide bonds. The summed E-state index contributed by atoms with van der Waals surface area (Å²) in [6.45, 7) is 0. The quantitative estimate of drug-likeness (QED) is 0.0803. The molecule has 0 unspecified atom stereocenters. The van der Waals surface area contributed by atoms with Crippen LogP contribution >= 0.6 is 0 Å². The Morgan fingerprint density at radius 2 is 0.273 bits per heavy atom. The Kier molecular flexibility index (Phi) is 21.6. The lowest BCUT2D eigenvalue weighted by Crippen LogP contribution is -1.96. The number of hydrogen-bond acceptors (Lipinski definition) is 12. The summed E-state index contributed by atoms with van der Waals surface area (Å²) in [5.41, 5.74) is 31.1. The molecular weight excluding hydrogens is 1560 g/mol. The molecule has 0 N–H and O–H groups in total. The predicted molar refractivity (Wildman–Crippen MR) is 519 cm³/mol. The SMILES string of the molecule is c1ccc(-c2cc(-c3ccc(-c4ccc(-c5cc(-c6ccccc6)nc(-c6ccc(-c7ccccn7)cc6)n5)cc4)cc3)nc(-c3ccc(-c4ccccn4)cc3)n2)cc1.c1ccc(-c2ccc(-c3nc(-c4ccc(-c5ccc(-c6cc(-c7ccc8ccccc8c7)nc(-c7ccc(-c8ccccn8)cc7)n6)cc5)cc4)cc(-c4ccc5ccccc5c4)n3)cc2)nc1. The van der Waals surface area contributed by atoms with Crippen molar-refractivity contribution in [2.24, 2.45) is 0 Å². The first-order valence-corrected chi connectivity index (χ1v) is 42.5. The van der Waals surface area contributed by atoms with E-state index in [1.165, 1.54) is 21.5 Å². The molecule has 0 fully saturated rings. The van der Waals surface area contributed by atoms with Gasteiger partial charge in [0.1, 0.15) is 0 Å². The van der Waals surface area contributed by atoms with Crippen LogP contribution in [0.25, 0.3) is 224 Å². The molecular formula is C116H76N12. The summed E-state index contributed by atoms with van der Waals surface area (Å²) in [4.78, 5) is 58.9. The van der Waals surface area contributed by atoms with E-state index in [4.69, 9.17) is 39.9 Å². The van der Waals surface area contributed by atoms with E-state index in [0.29, 0.717) is 23.3 Å². The molecule has 0 bridgehead atoms. The molecule has 8 aromatic heterocycles. The highest BCUT2D eigenvalue weighted by molar-refractivity contribution is 5.90. The molecule has 0 atom stereocenters. The molecule has 14 aromatic carbocycles. The molecule has 0 spiro atoms. The molecule has 12 heteroatoms. The zero-order valence-corrected chi connectivity index (χ0v) is 69.2. The molecule has 128 heavy (non-hydrogen) atoms. The van der Waals surface area contributed by atoms with Crippen LogP contribution in [0.3, 0.4) is 0 Å². The number of fused-ring (bicyclic) bond motifs is 2. The fourth-order valence-electron chi connectivity index (χ4n) is 16.0. The van der Waals surface area contributed by atoms with Gasteiger partial charge in [0.15, 0.2) is 23.3 Å². The van der Waals surface area contributed by atoms with Gasteiger partial charge in [0, 0.05) is 114 Å². The van der Waals surface area contributed by atoms with E-state index < -0.39 is 0 Å². The van der Waals surface area contributed by atoms with Crippen molar-refractivity contribution in [3.8, 4) is 203 Å². The third-order valence-electron chi connectivity index (χ3n) is 22.9. The lowest BCUT2D eigenvalue weighted by molar-refractivity contribution is 1.18. The summed E-state index contributed by atoms with van der Waals surface area (Å²) < 4.78 is 0. The largest absolute Gasteiger partial charge is 0.256 e. The van der Waals surface area contributed by atoms with Crippen molar-refractivity contribution in [1.82, 2.24) is 59.8 Å². The van der Waals surface area contributed by atoms with E-state index in [1.54, 1.807) is 0 Å². The minimum Gasteiger partial charge on any atom is -0.256 e. The van der Waals surface area contributed by atoms with Crippen molar-refractivity contribution in [2.45, 2.75) is 0 Å². The van der Waals surface area contributed by atoms with Crippen molar-refractivity contribution < 1.29 is 0 Å². The third-order valence-corrected chi connectivity index (χ3v) is 22.9. The van der Waals surface area contributed by atoms with Gasteiger partial charge in [-0.3, -0.25) is 19.9 Å². The van der Waals surface area contributed by atoms with E-state index in [9.17, 15) is 0 Å². The fourth-order valence-corrected chi connectivity index (χ4v) is 16.0. The average molecular weight is 1640 g/mol. The Balaban J connectivity index is 0.000000157. The maximum Gasteiger partial charge on any atom is 0.160 e. The van der Waals surface area contributed by atoms with Gasteiger partial charge in [0.25, 0.3) is 0 Å². The van der Waals surface area contributed by atoms with Crippen LogP contribution < -0.4 is 0 Å². The number of hydrogen-bond donors (Lipinski definition) is 0. The lowest BCUT2D eigenvalue weighted by Gasteiger charge is -2.12. The molecule has 12 nitrogen and oxygen atoms in total. The first kappa shape index (κ1) is 77.8. The normalized spacial score (nSPS) is 11.1. The second-order valence-corrected chi connectivity index (χ2v) is 31.2. The lowest BCUT2D eigenvalue weighted by atomic mass is 9.99. The van der Waals surface area contributed by atoms with E-state index in [1.807, 2.05) is 134 Å². The van der Waals surface area contributed by atoms with Gasteiger partial charge in [-0.05, 0) is 129 Å². The first-order chi connectivity index (χ1) is 63.3. The molecule has 22 rings (SSSR count). The summed E-state index contributed by atoms with van der Waals surface area (Å²) in [6, 6.07) is 150. The standard InChI is InChI=1S/C62H40N6.C54H36N6/c1-3-11-51-37-53(33-19-41(51)9-1)59-39-57(65-61(67-59)49-29-25-45(26-30-49)55-13-5-7-35-63-55)47-21-15-43(16-22-47)44-17-23-48(24-18-44)58-40-60(54-34-20-42-10-2-4-12-52(42)38-54)68-62(66-58)50-31-27-46(28-32-50)56-14-6-8-36-64-56;1-3-11-39(12-4-1)49-35-51(59-53(57-49)45-29-25-41(26-30-45)47-15-7-9-33-55-47)43-21-17-37(18-22-43)38-19-23-44(24-20-38)52-36-50(40-13-5-2-6-14-40)58-54(60-52)46-31-27-42(28-32-46)48-16-8-10-34-56-48/h1-40H;1-36H. The number of benzene rings is 14. The Bertz CT molecular complexity index is 7210. The highest BCUT2D eigenvalue weighted by atomic mass is 14.9. The van der Waals surface area contributed by atoms with Crippen molar-refractivity contribution in [3.05, 3.63) is 462 Å². The van der Waals surface area contributed by atoms with Crippen molar-refractivity contribution in [3.63, 3.8) is 0 Å². The van der Waals surface area contributed by atoms with Crippen LogP contribution in [0.4, 0.5) is 0 Å². The topological polar surface area (TPSA) is 155 Å². The van der Waals surface area contributed by atoms with E-state index in [2.05, 4.69) is 348 Å². The Morgan fingerprint density at radius 1 is 0.102 bits per heavy atom. The molecule has 22 aromatic rings. The van der Waals surface area contributed by atoms with Gasteiger partial charge in [0.2, 0.25) is 0 Å². The van der Waals surface area contributed by atoms with Crippen molar-refractivity contribution >= 4 is 21.5 Å². The van der Waals surface area contributed by atoms with Crippen molar-refractivity contribution in [2.75, 3.05) is 0 Å². The van der Waals surface area contributed by atoms with Gasteiger partial charge < -0.3 is 0 Å². The van der Waals surface area contributed by atoms with Gasteiger partial charge in [-0.15, -0.1) is 0 Å². The second-order valence-electron chi connectivity index (χ2n) is 31.2. The summed E-state index contributed by atoms with van der Waals surface area (Å²) in [5.74, 6) is 2.67. The van der Waals surface area contributed by atoms with Crippen LogP contribution in [0.1, 0.15) is 0 Å². The molecule has 8 heterocycles. The van der Waals surface area contributed by atoms with Crippen LogP contribution in [0.15, 0.2) is 462 Å². The number of nitrogens with zero attached hydrogens (tertiary/aromatic N) is 12. The van der Waals surface area contributed by atoms with Gasteiger partial charge >= 0.3 is 0 Å². The Morgan fingerprint density at radius 3 is 0.500 bits per heavy atom. The maximum absolute atomic E-state index is 5.16. The third kappa shape index (κ3) is 17.1. The van der Waals surface area contributed by atoms with Gasteiger partial charge in [-0.1, -0.05) is 352 Å². The highest BCUT2D eigenvalue weighted by Crippen LogP contribution is 2.39. The highest BCUT2D eigenvalue weighted by Gasteiger charge is 2.20. The number of pyridine rings is 4. The second kappa shape index (κ2) is 35.5. The summed E-state index contributed by atoms with van der Waals surface area (Å²) >= 11 is 0. The molecule has 0 saturated heterocycles. The van der Waals surface area contributed by atoms with E-state index >= 15 is 0 Å². The van der Waals surface area contributed by atoms with Crippen LogP contribution in [0.2, 0.25) is 0 Å². The van der Waals surface area contributed by atoms with Crippen molar-refractivity contribution in [1.29, 1.82) is 0 Å².